The molecule has 0 aliphatic rings. The Kier molecular flexibility index (Phi) is 6.35. The number of anilines is 2. The average molecular weight is 375 g/mol. The second kappa shape index (κ2) is 8.48. The molecule has 0 saturated carbocycles. The van der Waals surface area contributed by atoms with Crippen molar-refractivity contribution in [1.82, 2.24) is 0 Å². The van der Waals surface area contributed by atoms with Gasteiger partial charge in [-0.25, -0.2) is 0 Å². The number of halogens is 1. The third-order valence-electron chi connectivity index (χ3n) is 3.44. The molecule has 0 heterocycles. The van der Waals surface area contributed by atoms with Gasteiger partial charge in [0.25, 0.3) is 0 Å². The van der Waals surface area contributed by atoms with Crippen LogP contribution in [0.25, 0.3) is 0 Å². The van der Waals surface area contributed by atoms with E-state index in [1.807, 2.05) is 54.6 Å². The van der Waals surface area contributed by atoms with Gasteiger partial charge in [-0.3, -0.25) is 9.59 Å². The van der Waals surface area contributed by atoms with E-state index in [-0.39, 0.29) is 11.8 Å². The standard InChI is InChI=1S/C18H19BrN2O2/c1-21(16-6-3-2-4-7-16)18(23)9-5-8-17(22)20-15-12-10-14(19)11-13-15/h2-4,6-7,10-13H,5,8-9H2,1H3,(H,20,22). The summed E-state index contributed by atoms with van der Waals surface area (Å²) in [5.74, 6) is -0.0740. The summed E-state index contributed by atoms with van der Waals surface area (Å²) >= 11 is 3.35. The molecule has 5 heteroatoms. The predicted molar refractivity (Wildman–Crippen MR) is 96.5 cm³/mol. The molecule has 2 rings (SSSR count). The molecular weight excluding hydrogens is 356 g/mol. The predicted octanol–water partition coefficient (Wildman–Crippen LogP) is 4.22. The van der Waals surface area contributed by atoms with E-state index < -0.39 is 0 Å². The van der Waals surface area contributed by atoms with Gasteiger partial charge < -0.3 is 10.2 Å². The van der Waals surface area contributed by atoms with Crippen LogP contribution in [0.1, 0.15) is 19.3 Å². The smallest absolute Gasteiger partial charge is 0.226 e. The van der Waals surface area contributed by atoms with Gasteiger partial charge in [0.2, 0.25) is 11.8 Å². The van der Waals surface area contributed by atoms with Crippen molar-refractivity contribution in [2.75, 3.05) is 17.3 Å². The molecule has 0 spiro atoms. The fourth-order valence-corrected chi connectivity index (χ4v) is 2.38. The Labute approximate surface area is 144 Å². The lowest BCUT2D eigenvalue weighted by Gasteiger charge is -2.17. The van der Waals surface area contributed by atoms with E-state index in [9.17, 15) is 9.59 Å². The first-order valence-corrected chi connectivity index (χ1v) is 8.22. The van der Waals surface area contributed by atoms with Gasteiger partial charge >= 0.3 is 0 Å². The summed E-state index contributed by atoms with van der Waals surface area (Å²) in [5.41, 5.74) is 1.61. The zero-order valence-electron chi connectivity index (χ0n) is 13.0. The molecule has 0 aliphatic heterocycles. The zero-order chi connectivity index (χ0) is 16.7. The summed E-state index contributed by atoms with van der Waals surface area (Å²) in [6, 6.07) is 16.9. The number of carbonyl (C=O) groups is 2. The maximum atomic E-state index is 12.1. The van der Waals surface area contributed by atoms with Crippen LogP contribution in [0.15, 0.2) is 59.1 Å². The summed E-state index contributed by atoms with van der Waals surface area (Å²) in [5, 5.41) is 2.82. The van der Waals surface area contributed by atoms with E-state index in [1.54, 1.807) is 11.9 Å². The minimum Gasteiger partial charge on any atom is -0.326 e. The van der Waals surface area contributed by atoms with Gasteiger partial charge in [-0.2, -0.15) is 0 Å². The summed E-state index contributed by atoms with van der Waals surface area (Å²) in [4.78, 5) is 25.6. The Bertz CT molecular complexity index is 656. The van der Waals surface area contributed by atoms with E-state index in [4.69, 9.17) is 0 Å². The number of amides is 2. The van der Waals surface area contributed by atoms with Crippen LogP contribution in [0.4, 0.5) is 11.4 Å². The first-order valence-electron chi connectivity index (χ1n) is 7.43. The fourth-order valence-electron chi connectivity index (χ4n) is 2.12. The largest absolute Gasteiger partial charge is 0.326 e. The third-order valence-corrected chi connectivity index (χ3v) is 3.97. The van der Waals surface area contributed by atoms with Gasteiger partial charge in [-0.15, -0.1) is 0 Å². The number of nitrogens with one attached hydrogen (secondary N) is 1. The second-order valence-electron chi connectivity index (χ2n) is 5.20. The molecule has 2 amide bonds. The quantitative estimate of drug-likeness (QED) is 0.822. The maximum Gasteiger partial charge on any atom is 0.226 e. The van der Waals surface area contributed by atoms with E-state index >= 15 is 0 Å². The molecule has 4 nitrogen and oxygen atoms in total. The molecule has 0 aromatic heterocycles. The first kappa shape index (κ1) is 17.2. The van der Waals surface area contributed by atoms with E-state index in [0.29, 0.717) is 19.3 Å². The van der Waals surface area contributed by atoms with E-state index in [2.05, 4.69) is 21.2 Å². The van der Waals surface area contributed by atoms with E-state index in [0.717, 1.165) is 15.8 Å². The van der Waals surface area contributed by atoms with Gasteiger partial charge in [0.1, 0.15) is 0 Å². The van der Waals surface area contributed by atoms with Gasteiger partial charge in [0.15, 0.2) is 0 Å². The van der Waals surface area contributed by atoms with Crippen LogP contribution in [0.3, 0.4) is 0 Å². The Balaban J connectivity index is 1.74. The van der Waals surface area contributed by atoms with Gasteiger partial charge in [0.05, 0.1) is 0 Å². The number of para-hydroxylation sites is 1. The highest BCUT2D eigenvalue weighted by atomic mass is 79.9. The topological polar surface area (TPSA) is 49.4 Å². The van der Waals surface area contributed by atoms with Gasteiger partial charge in [-0.05, 0) is 42.8 Å². The Hall–Kier alpha value is -2.14. The maximum absolute atomic E-state index is 12.1. The highest BCUT2D eigenvalue weighted by Gasteiger charge is 2.11. The van der Waals surface area contributed by atoms with Crippen LogP contribution in [-0.2, 0) is 9.59 Å². The Morgan fingerprint density at radius 3 is 2.30 bits per heavy atom. The molecule has 0 fully saturated rings. The highest BCUT2D eigenvalue weighted by molar-refractivity contribution is 9.10. The molecule has 0 aliphatic carbocycles. The Morgan fingerprint density at radius 2 is 1.65 bits per heavy atom. The molecule has 0 bridgehead atoms. The molecule has 0 radical (unpaired) electrons. The van der Waals surface area contributed by atoms with Crippen molar-refractivity contribution >= 4 is 39.1 Å². The third kappa shape index (κ3) is 5.53. The molecule has 2 aromatic carbocycles. The lowest BCUT2D eigenvalue weighted by Crippen LogP contribution is -2.26. The summed E-state index contributed by atoms with van der Waals surface area (Å²) < 4.78 is 0.963. The number of nitrogens with zero attached hydrogens (tertiary/aromatic N) is 1. The molecule has 23 heavy (non-hydrogen) atoms. The number of rotatable bonds is 6. The van der Waals surface area contributed by atoms with Gasteiger partial charge in [0, 0.05) is 35.7 Å². The molecular formula is C18H19BrN2O2. The van der Waals surface area contributed by atoms with Gasteiger partial charge in [-0.1, -0.05) is 34.1 Å². The number of hydrogen-bond acceptors (Lipinski definition) is 2. The van der Waals surface area contributed by atoms with Crippen LogP contribution in [-0.4, -0.2) is 18.9 Å². The molecule has 1 N–H and O–H groups in total. The SMILES string of the molecule is CN(C(=O)CCCC(=O)Nc1ccc(Br)cc1)c1ccccc1. The summed E-state index contributed by atoms with van der Waals surface area (Å²) in [6.07, 6.45) is 1.20. The van der Waals surface area contributed by atoms with Crippen LogP contribution in [0.5, 0.6) is 0 Å². The van der Waals surface area contributed by atoms with Crippen molar-refractivity contribution in [1.29, 1.82) is 0 Å². The van der Waals surface area contributed by atoms with Crippen molar-refractivity contribution in [3.8, 4) is 0 Å². The minimum atomic E-state index is -0.0810. The number of benzene rings is 2. The van der Waals surface area contributed by atoms with Crippen molar-refractivity contribution < 1.29 is 9.59 Å². The van der Waals surface area contributed by atoms with Crippen LogP contribution in [0, 0.1) is 0 Å². The average Bonchev–Trinajstić information content (AvgIpc) is 2.57. The lowest BCUT2D eigenvalue weighted by atomic mass is 10.2. The second-order valence-corrected chi connectivity index (χ2v) is 6.11. The first-order chi connectivity index (χ1) is 11.1. The zero-order valence-corrected chi connectivity index (χ0v) is 14.5. The molecule has 0 unspecified atom stereocenters. The molecule has 0 saturated heterocycles. The van der Waals surface area contributed by atoms with Crippen molar-refractivity contribution in [3.05, 3.63) is 59.1 Å². The number of carbonyl (C=O) groups excluding carboxylic acids is 2. The molecule has 0 atom stereocenters. The summed E-state index contributed by atoms with van der Waals surface area (Å²) in [7, 11) is 1.75. The normalized spacial score (nSPS) is 10.2. The van der Waals surface area contributed by atoms with Crippen LogP contribution in [0.2, 0.25) is 0 Å². The highest BCUT2D eigenvalue weighted by Crippen LogP contribution is 2.15. The molecule has 120 valence electrons. The van der Waals surface area contributed by atoms with Crippen molar-refractivity contribution in [2.45, 2.75) is 19.3 Å². The number of hydrogen-bond donors (Lipinski definition) is 1. The van der Waals surface area contributed by atoms with E-state index in [1.165, 1.54) is 0 Å². The lowest BCUT2D eigenvalue weighted by molar-refractivity contribution is -0.118. The fraction of sp³-hybridized carbons (Fsp3) is 0.222. The molecule has 2 aromatic rings. The summed E-state index contributed by atoms with van der Waals surface area (Å²) in [6.45, 7) is 0. The van der Waals surface area contributed by atoms with Crippen LogP contribution >= 0.6 is 15.9 Å². The Morgan fingerprint density at radius 1 is 1.00 bits per heavy atom. The van der Waals surface area contributed by atoms with Crippen molar-refractivity contribution in [2.24, 2.45) is 0 Å². The van der Waals surface area contributed by atoms with Crippen molar-refractivity contribution in [3.63, 3.8) is 0 Å². The monoisotopic (exact) mass is 374 g/mol. The minimum absolute atomic E-state index is 0.00708. The van der Waals surface area contributed by atoms with Crippen LogP contribution < -0.4 is 10.2 Å².